The molecule has 0 aliphatic heterocycles. The van der Waals surface area contributed by atoms with E-state index in [0.717, 1.165) is 16.6 Å². The third kappa shape index (κ3) is 2.91. The Morgan fingerprint density at radius 1 is 1.06 bits per heavy atom. The van der Waals surface area contributed by atoms with E-state index in [9.17, 15) is 4.39 Å². The van der Waals surface area contributed by atoms with Gasteiger partial charge in [0.05, 0.1) is 0 Å². The Morgan fingerprint density at radius 2 is 1.83 bits per heavy atom. The second-order valence-corrected chi connectivity index (χ2v) is 4.81. The van der Waals surface area contributed by atoms with Crippen LogP contribution in [0.4, 0.5) is 4.39 Å². The summed E-state index contributed by atoms with van der Waals surface area (Å²) in [4.78, 5) is 0. The number of ether oxygens (including phenoxy) is 1. The molecule has 0 aliphatic carbocycles. The zero-order chi connectivity index (χ0) is 13.1. The largest absolute Gasteiger partial charge is 0.457 e. The van der Waals surface area contributed by atoms with Gasteiger partial charge in [0, 0.05) is 11.4 Å². The summed E-state index contributed by atoms with van der Waals surface area (Å²) in [5.74, 6) is 1.03. The van der Waals surface area contributed by atoms with Crippen LogP contribution in [0.5, 0.6) is 11.5 Å². The molecule has 0 aromatic heterocycles. The summed E-state index contributed by atoms with van der Waals surface area (Å²) in [6, 6.07) is 10.8. The lowest BCUT2D eigenvalue weighted by Gasteiger charge is -2.10. The highest BCUT2D eigenvalue weighted by Gasteiger charge is 2.05. The first-order valence-electron chi connectivity index (χ1n) is 5.69. The molecule has 3 heteroatoms. The number of alkyl halides is 1. The first-order valence-corrected chi connectivity index (χ1v) is 6.82. The molecule has 2 aromatic rings. The van der Waals surface area contributed by atoms with Crippen LogP contribution in [0.3, 0.4) is 0 Å². The molecule has 0 bridgehead atoms. The third-order valence-corrected chi connectivity index (χ3v) is 3.41. The van der Waals surface area contributed by atoms with Crippen molar-refractivity contribution >= 4 is 15.9 Å². The summed E-state index contributed by atoms with van der Waals surface area (Å²) in [5, 5.41) is 0.813. The van der Waals surface area contributed by atoms with Gasteiger partial charge in [0.2, 0.25) is 0 Å². The van der Waals surface area contributed by atoms with Crippen LogP contribution in [-0.2, 0) is 5.33 Å². The fourth-order valence-corrected chi connectivity index (χ4v) is 2.02. The number of halogens is 2. The van der Waals surface area contributed by atoms with Crippen LogP contribution in [0.2, 0.25) is 0 Å². The van der Waals surface area contributed by atoms with Crippen LogP contribution in [0.25, 0.3) is 0 Å². The fourth-order valence-electron chi connectivity index (χ4n) is 1.67. The highest BCUT2D eigenvalue weighted by molar-refractivity contribution is 9.08. The highest BCUT2D eigenvalue weighted by Crippen LogP contribution is 2.27. The summed E-state index contributed by atoms with van der Waals surface area (Å²) >= 11 is 3.41. The predicted octanol–water partition coefficient (Wildman–Crippen LogP) is 5.13. The second kappa shape index (κ2) is 5.53. The van der Waals surface area contributed by atoms with E-state index in [-0.39, 0.29) is 5.82 Å². The lowest BCUT2D eigenvalue weighted by atomic mass is 10.1. The van der Waals surface area contributed by atoms with Gasteiger partial charge in [0.15, 0.2) is 0 Å². The van der Waals surface area contributed by atoms with Gasteiger partial charge in [-0.1, -0.05) is 34.1 Å². The molecule has 1 nitrogen and oxygen atoms in total. The van der Waals surface area contributed by atoms with E-state index < -0.39 is 0 Å². The molecule has 0 amide bonds. The van der Waals surface area contributed by atoms with Gasteiger partial charge in [-0.3, -0.25) is 0 Å². The van der Waals surface area contributed by atoms with Crippen LogP contribution in [0, 0.1) is 19.7 Å². The van der Waals surface area contributed by atoms with E-state index in [1.165, 1.54) is 11.6 Å². The molecule has 2 rings (SSSR count). The molecule has 0 fully saturated rings. The van der Waals surface area contributed by atoms with Crippen LogP contribution in [-0.4, -0.2) is 0 Å². The van der Waals surface area contributed by atoms with Crippen molar-refractivity contribution in [2.24, 2.45) is 0 Å². The van der Waals surface area contributed by atoms with Crippen molar-refractivity contribution < 1.29 is 9.13 Å². The minimum atomic E-state index is -0.248. The summed E-state index contributed by atoms with van der Waals surface area (Å²) in [6.45, 7) is 3.71. The Morgan fingerprint density at radius 3 is 2.44 bits per heavy atom. The highest BCUT2D eigenvalue weighted by atomic mass is 79.9. The van der Waals surface area contributed by atoms with Crippen molar-refractivity contribution in [1.29, 1.82) is 0 Å². The molecule has 2 aromatic carbocycles. The second-order valence-electron chi connectivity index (χ2n) is 4.25. The van der Waals surface area contributed by atoms with E-state index in [0.29, 0.717) is 11.3 Å². The molecular weight excluding hydrogens is 295 g/mol. The van der Waals surface area contributed by atoms with Crippen molar-refractivity contribution in [2.45, 2.75) is 19.2 Å². The van der Waals surface area contributed by atoms with Gasteiger partial charge in [-0.15, -0.1) is 0 Å². The smallest absolute Gasteiger partial charge is 0.130 e. The van der Waals surface area contributed by atoms with Crippen molar-refractivity contribution in [1.82, 2.24) is 0 Å². The molecule has 0 radical (unpaired) electrons. The molecule has 0 aliphatic rings. The molecule has 94 valence electrons. The minimum Gasteiger partial charge on any atom is -0.457 e. The number of hydrogen-bond acceptors (Lipinski definition) is 1. The first-order chi connectivity index (χ1) is 8.60. The van der Waals surface area contributed by atoms with Gasteiger partial charge >= 0.3 is 0 Å². The van der Waals surface area contributed by atoms with Crippen molar-refractivity contribution in [3.63, 3.8) is 0 Å². The van der Waals surface area contributed by atoms with E-state index in [1.54, 1.807) is 19.1 Å². The van der Waals surface area contributed by atoms with E-state index >= 15 is 0 Å². The number of aryl methyl sites for hydroxylation is 2. The molecule has 0 saturated carbocycles. The fraction of sp³-hybridized carbons (Fsp3) is 0.200. The van der Waals surface area contributed by atoms with Crippen LogP contribution >= 0.6 is 15.9 Å². The Hall–Kier alpha value is -1.35. The maximum absolute atomic E-state index is 13.4. The normalized spacial score (nSPS) is 10.4. The standard InChI is InChI=1S/C15H14BrFO/c1-10-3-5-13(8-14(10)17)18-15-6-4-12(9-16)7-11(15)2/h3-8H,9H2,1-2H3. The molecule has 0 heterocycles. The molecule has 0 atom stereocenters. The molecule has 18 heavy (non-hydrogen) atoms. The number of hydrogen-bond donors (Lipinski definition) is 0. The van der Waals surface area contributed by atoms with Crippen LogP contribution < -0.4 is 4.74 Å². The molecule has 0 N–H and O–H groups in total. The zero-order valence-corrected chi connectivity index (χ0v) is 11.9. The van der Waals surface area contributed by atoms with Gasteiger partial charge in [0.1, 0.15) is 17.3 Å². The van der Waals surface area contributed by atoms with Crippen molar-refractivity contribution in [3.8, 4) is 11.5 Å². The van der Waals surface area contributed by atoms with Gasteiger partial charge in [-0.2, -0.15) is 0 Å². The van der Waals surface area contributed by atoms with Gasteiger partial charge in [0.25, 0.3) is 0 Å². The molecule has 0 unspecified atom stereocenters. The van der Waals surface area contributed by atoms with E-state index in [4.69, 9.17) is 4.74 Å². The topological polar surface area (TPSA) is 9.23 Å². The SMILES string of the molecule is Cc1ccc(Oc2ccc(CBr)cc2C)cc1F. The molecule has 0 spiro atoms. The van der Waals surface area contributed by atoms with Crippen LogP contribution in [0.1, 0.15) is 16.7 Å². The van der Waals surface area contributed by atoms with E-state index in [2.05, 4.69) is 22.0 Å². The van der Waals surface area contributed by atoms with E-state index in [1.807, 2.05) is 19.1 Å². The monoisotopic (exact) mass is 308 g/mol. The van der Waals surface area contributed by atoms with Crippen molar-refractivity contribution in [2.75, 3.05) is 0 Å². The quantitative estimate of drug-likeness (QED) is 0.714. The minimum absolute atomic E-state index is 0.248. The Bertz CT molecular complexity index is 566. The summed E-state index contributed by atoms with van der Waals surface area (Å²) in [7, 11) is 0. The average Bonchev–Trinajstić information content (AvgIpc) is 2.36. The Kier molecular flexibility index (Phi) is 4.02. The molecular formula is C15H14BrFO. The number of benzene rings is 2. The van der Waals surface area contributed by atoms with Crippen molar-refractivity contribution in [3.05, 3.63) is 58.9 Å². The Balaban J connectivity index is 2.25. The molecule has 0 saturated heterocycles. The third-order valence-electron chi connectivity index (χ3n) is 2.76. The number of rotatable bonds is 3. The lowest BCUT2D eigenvalue weighted by molar-refractivity contribution is 0.472. The average molecular weight is 309 g/mol. The Labute approximate surface area is 115 Å². The van der Waals surface area contributed by atoms with Gasteiger partial charge in [-0.05, 0) is 42.7 Å². The maximum Gasteiger partial charge on any atom is 0.130 e. The first kappa shape index (κ1) is 13.1. The predicted molar refractivity (Wildman–Crippen MR) is 75.0 cm³/mol. The summed E-state index contributed by atoms with van der Waals surface area (Å²) in [5.41, 5.74) is 2.84. The zero-order valence-electron chi connectivity index (χ0n) is 10.3. The van der Waals surface area contributed by atoms with Crippen LogP contribution in [0.15, 0.2) is 36.4 Å². The lowest BCUT2D eigenvalue weighted by Crippen LogP contribution is -1.91. The van der Waals surface area contributed by atoms with Gasteiger partial charge < -0.3 is 4.74 Å². The summed E-state index contributed by atoms with van der Waals surface area (Å²) in [6.07, 6.45) is 0. The van der Waals surface area contributed by atoms with Gasteiger partial charge in [-0.25, -0.2) is 4.39 Å². The summed E-state index contributed by atoms with van der Waals surface area (Å²) < 4.78 is 19.1. The maximum atomic E-state index is 13.4.